The van der Waals surface area contributed by atoms with Gasteiger partial charge in [-0.3, -0.25) is 9.69 Å². The Labute approximate surface area is 168 Å². The molecule has 5 heteroatoms. The number of hydrogen-bond acceptors (Lipinski definition) is 4. The van der Waals surface area contributed by atoms with Crippen molar-refractivity contribution in [2.45, 2.75) is 24.8 Å². The number of nitrogens with zero attached hydrogens (tertiary/aromatic N) is 1. The molecule has 0 radical (unpaired) electrons. The van der Waals surface area contributed by atoms with Crippen LogP contribution >= 0.6 is 11.8 Å². The summed E-state index contributed by atoms with van der Waals surface area (Å²) in [7, 11) is 0. The van der Waals surface area contributed by atoms with E-state index in [1.807, 2.05) is 79.7 Å². The van der Waals surface area contributed by atoms with Gasteiger partial charge in [0, 0.05) is 5.75 Å². The molecule has 0 bridgehead atoms. The van der Waals surface area contributed by atoms with E-state index in [1.54, 1.807) is 16.7 Å². The Morgan fingerprint density at radius 3 is 2.25 bits per heavy atom. The Balaban J connectivity index is 1.70. The largest absolute Gasteiger partial charge is 0.448 e. The highest BCUT2D eigenvalue weighted by atomic mass is 32.2. The molecule has 0 aliphatic carbocycles. The van der Waals surface area contributed by atoms with Gasteiger partial charge in [-0.1, -0.05) is 72.8 Å². The highest BCUT2D eigenvalue weighted by Gasteiger charge is 2.45. The molecule has 1 atom stereocenters. The van der Waals surface area contributed by atoms with Crippen LogP contribution in [0.2, 0.25) is 0 Å². The van der Waals surface area contributed by atoms with Gasteiger partial charge in [0.1, 0.15) is 5.70 Å². The lowest BCUT2D eigenvalue weighted by Crippen LogP contribution is -2.54. The fraction of sp³-hybridized carbons (Fsp3) is 0.217. The number of β-lactam (4-membered cyclic amide) rings is 1. The summed E-state index contributed by atoms with van der Waals surface area (Å²) >= 11 is 1.69. The van der Waals surface area contributed by atoms with E-state index in [4.69, 9.17) is 4.74 Å². The smallest absolute Gasteiger partial charge is 0.356 e. The number of amides is 1. The van der Waals surface area contributed by atoms with Crippen LogP contribution in [-0.4, -0.2) is 27.9 Å². The van der Waals surface area contributed by atoms with E-state index in [0.717, 1.165) is 16.7 Å². The number of ether oxygens (including phenoxy) is 1. The van der Waals surface area contributed by atoms with E-state index < -0.39 is 12.1 Å². The molecule has 0 aromatic heterocycles. The number of esters is 1. The van der Waals surface area contributed by atoms with E-state index in [1.165, 1.54) is 0 Å². The molecule has 0 N–H and O–H groups in total. The second-order valence-electron chi connectivity index (χ2n) is 6.71. The number of fused-ring (bicyclic) bond motifs is 1. The highest BCUT2D eigenvalue weighted by Crippen LogP contribution is 2.41. The maximum absolute atomic E-state index is 13.3. The maximum atomic E-state index is 13.3. The highest BCUT2D eigenvalue weighted by molar-refractivity contribution is 8.00. The summed E-state index contributed by atoms with van der Waals surface area (Å²) in [6.07, 6.45) is 3.73. The lowest BCUT2D eigenvalue weighted by atomic mass is 10.0. The Hall–Kier alpha value is -2.79. The van der Waals surface area contributed by atoms with Crippen molar-refractivity contribution in [3.8, 4) is 0 Å². The Morgan fingerprint density at radius 1 is 1.11 bits per heavy atom. The van der Waals surface area contributed by atoms with E-state index in [2.05, 4.69) is 0 Å². The fourth-order valence-corrected chi connectivity index (χ4v) is 4.74. The zero-order chi connectivity index (χ0) is 19.5. The summed E-state index contributed by atoms with van der Waals surface area (Å²) in [6.45, 7) is 1.90. The van der Waals surface area contributed by atoms with Crippen LogP contribution in [0.3, 0.4) is 0 Å². The zero-order valence-electron chi connectivity index (χ0n) is 15.6. The number of benzene rings is 2. The molecule has 0 spiro atoms. The van der Waals surface area contributed by atoms with Gasteiger partial charge in [-0.15, -0.1) is 11.8 Å². The normalized spacial score (nSPS) is 19.0. The Morgan fingerprint density at radius 2 is 1.71 bits per heavy atom. The van der Waals surface area contributed by atoms with Gasteiger partial charge in [-0.2, -0.15) is 0 Å². The molecule has 2 aromatic carbocycles. The average molecular weight is 391 g/mol. The minimum absolute atomic E-state index is 0.0258. The first-order valence-corrected chi connectivity index (χ1v) is 10.3. The third-order valence-corrected chi connectivity index (χ3v) is 6.11. The lowest BCUT2D eigenvalue weighted by Gasteiger charge is -2.44. The second kappa shape index (κ2) is 8.07. The minimum Gasteiger partial charge on any atom is -0.448 e. The molecular formula is C23H21NO3S. The van der Waals surface area contributed by atoms with Gasteiger partial charge in [-0.05, 0) is 23.6 Å². The first-order valence-electron chi connectivity index (χ1n) is 9.29. The van der Waals surface area contributed by atoms with Crippen molar-refractivity contribution in [3.63, 3.8) is 0 Å². The van der Waals surface area contributed by atoms with Crippen molar-refractivity contribution in [3.05, 3.63) is 95.2 Å². The second-order valence-corrected chi connectivity index (χ2v) is 7.88. The molecule has 0 unspecified atom stereocenters. The van der Waals surface area contributed by atoms with Crippen molar-refractivity contribution >= 4 is 23.6 Å². The summed E-state index contributed by atoms with van der Waals surface area (Å²) in [5.41, 5.74) is 3.01. The van der Waals surface area contributed by atoms with Crippen molar-refractivity contribution in [2.24, 2.45) is 0 Å². The zero-order valence-corrected chi connectivity index (χ0v) is 16.4. The molecule has 4 rings (SSSR count). The van der Waals surface area contributed by atoms with Gasteiger partial charge in [0.05, 0.1) is 11.8 Å². The molecule has 4 nitrogen and oxygen atoms in total. The van der Waals surface area contributed by atoms with Crippen LogP contribution < -0.4 is 0 Å². The van der Waals surface area contributed by atoms with Gasteiger partial charge in [-0.25, -0.2) is 4.79 Å². The lowest BCUT2D eigenvalue weighted by molar-refractivity contribution is -0.151. The van der Waals surface area contributed by atoms with Crippen LogP contribution in [0.15, 0.2) is 84.1 Å². The summed E-state index contributed by atoms with van der Waals surface area (Å²) in [5.74, 6) is 0.219. The van der Waals surface area contributed by atoms with Crippen molar-refractivity contribution < 1.29 is 14.3 Å². The van der Waals surface area contributed by atoms with Crippen LogP contribution in [-0.2, 0) is 14.3 Å². The predicted octanol–water partition coefficient (Wildman–Crippen LogP) is 4.45. The number of carbonyl (C=O) groups is 2. The molecule has 2 aliphatic rings. The van der Waals surface area contributed by atoms with Gasteiger partial charge >= 0.3 is 5.97 Å². The van der Waals surface area contributed by atoms with Gasteiger partial charge in [0.15, 0.2) is 6.10 Å². The molecule has 2 aliphatic heterocycles. The Kier molecular flexibility index (Phi) is 5.35. The third-order valence-electron chi connectivity index (χ3n) is 4.87. The molecule has 2 heterocycles. The SMILES string of the molecule is CC=CC1=C(C(=O)OC(c2ccccc2)c2ccccc2)N2C(=O)C[C@@H]2SC1. The van der Waals surface area contributed by atoms with Crippen LogP contribution in [0.25, 0.3) is 0 Å². The van der Waals surface area contributed by atoms with E-state index in [9.17, 15) is 9.59 Å². The van der Waals surface area contributed by atoms with Gasteiger partial charge in [0.2, 0.25) is 5.91 Å². The summed E-state index contributed by atoms with van der Waals surface area (Å²) < 4.78 is 6.01. The first kappa shape index (κ1) is 18.6. The number of hydrogen-bond donors (Lipinski definition) is 0. The van der Waals surface area contributed by atoms with Crippen molar-refractivity contribution in [1.82, 2.24) is 4.90 Å². The van der Waals surface area contributed by atoms with Crippen molar-refractivity contribution in [1.29, 1.82) is 0 Å². The standard InChI is InChI=1S/C23H21NO3S/c1-2-9-18-15-28-20-14-19(25)24(20)21(18)23(26)27-22(16-10-5-3-6-11-16)17-12-7-4-8-13-17/h2-13,20,22H,14-15H2,1H3/t20-/m0/s1. The average Bonchev–Trinajstić information content (AvgIpc) is 2.73. The summed E-state index contributed by atoms with van der Waals surface area (Å²) in [5, 5.41) is 0.0379. The van der Waals surface area contributed by atoms with Gasteiger partial charge in [0.25, 0.3) is 0 Å². The Bertz CT molecular complexity index is 897. The molecule has 0 saturated carbocycles. The van der Waals surface area contributed by atoms with Crippen LogP contribution in [0, 0.1) is 0 Å². The molecule has 1 fully saturated rings. The van der Waals surface area contributed by atoms with E-state index in [-0.39, 0.29) is 11.3 Å². The van der Waals surface area contributed by atoms with Crippen molar-refractivity contribution in [2.75, 3.05) is 5.75 Å². The van der Waals surface area contributed by atoms with E-state index in [0.29, 0.717) is 17.9 Å². The summed E-state index contributed by atoms with van der Waals surface area (Å²) in [4.78, 5) is 27.1. The number of thioether (sulfide) groups is 1. The summed E-state index contributed by atoms with van der Waals surface area (Å²) in [6, 6.07) is 19.4. The van der Waals surface area contributed by atoms with Crippen LogP contribution in [0.1, 0.15) is 30.6 Å². The third kappa shape index (κ3) is 3.50. The molecular weight excluding hydrogens is 370 g/mol. The number of allylic oxidation sites excluding steroid dienone is 2. The molecule has 2 aromatic rings. The quantitative estimate of drug-likeness (QED) is 0.558. The maximum Gasteiger partial charge on any atom is 0.356 e. The van der Waals surface area contributed by atoms with Gasteiger partial charge < -0.3 is 4.74 Å². The monoisotopic (exact) mass is 391 g/mol. The topological polar surface area (TPSA) is 46.6 Å². The molecule has 142 valence electrons. The number of carbonyl (C=O) groups excluding carboxylic acids is 2. The molecule has 1 amide bonds. The first-order chi connectivity index (χ1) is 13.7. The van der Waals surface area contributed by atoms with Crippen LogP contribution in [0.5, 0.6) is 0 Å². The molecule has 1 saturated heterocycles. The minimum atomic E-state index is -0.529. The number of rotatable bonds is 5. The predicted molar refractivity (Wildman–Crippen MR) is 110 cm³/mol. The van der Waals surface area contributed by atoms with E-state index >= 15 is 0 Å². The fourth-order valence-electron chi connectivity index (χ4n) is 3.50. The van der Waals surface area contributed by atoms with Crippen LogP contribution in [0.4, 0.5) is 0 Å². The molecule has 28 heavy (non-hydrogen) atoms.